The van der Waals surface area contributed by atoms with Crippen LogP contribution in [0.15, 0.2) is 84.0 Å². The van der Waals surface area contributed by atoms with Gasteiger partial charge in [-0.25, -0.2) is 8.42 Å². The summed E-state index contributed by atoms with van der Waals surface area (Å²) in [5, 5.41) is 8.57. The van der Waals surface area contributed by atoms with Crippen molar-refractivity contribution in [2.24, 2.45) is 0 Å². The second kappa shape index (κ2) is 13.5. The highest BCUT2D eigenvalue weighted by atomic mass is 32.2. The predicted octanol–water partition coefficient (Wildman–Crippen LogP) is 7.13. The third-order valence-electron chi connectivity index (χ3n) is 8.39. The maximum absolute atomic E-state index is 13.1. The fourth-order valence-corrected chi connectivity index (χ4v) is 6.54. The topological polar surface area (TPSA) is 102 Å². The van der Waals surface area contributed by atoms with Crippen LogP contribution in [-0.2, 0) is 35.9 Å². The van der Waals surface area contributed by atoms with E-state index in [0.717, 1.165) is 53.7 Å². The molecule has 1 aliphatic carbocycles. The van der Waals surface area contributed by atoms with Crippen LogP contribution in [0.4, 0.5) is 0 Å². The van der Waals surface area contributed by atoms with Crippen molar-refractivity contribution >= 4 is 9.84 Å². The minimum atomic E-state index is -3.73. The smallest absolute Gasteiger partial charge is 0.254 e. The van der Waals surface area contributed by atoms with Crippen molar-refractivity contribution < 1.29 is 27.4 Å². The fraction of sp³-hybridized carbons (Fsp3) is 0.297. The maximum atomic E-state index is 13.1. The van der Waals surface area contributed by atoms with Gasteiger partial charge in [0.05, 0.1) is 25.5 Å². The van der Waals surface area contributed by atoms with Gasteiger partial charge in [-0.3, -0.25) is 4.57 Å². The molecule has 0 spiro atoms. The van der Waals surface area contributed by atoms with Crippen molar-refractivity contribution in [2.45, 2.75) is 57.4 Å². The number of fused-ring (bicyclic) bond motifs is 1. The van der Waals surface area contributed by atoms with Crippen LogP contribution in [0.25, 0.3) is 17.1 Å². The minimum Gasteiger partial charge on any atom is -0.497 e. The molecule has 47 heavy (non-hydrogen) atoms. The molecule has 0 saturated carbocycles. The van der Waals surface area contributed by atoms with Gasteiger partial charge in [-0.2, -0.15) is 0 Å². The largest absolute Gasteiger partial charge is 0.497 e. The maximum Gasteiger partial charge on any atom is 0.254 e. The number of ether oxygens (including phenoxy) is 4. The van der Waals surface area contributed by atoms with Crippen LogP contribution in [0, 0.1) is 0 Å². The predicted molar refractivity (Wildman–Crippen MR) is 181 cm³/mol. The molecule has 1 aromatic heterocycles. The van der Waals surface area contributed by atoms with Crippen LogP contribution in [0.3, 0.4) is 0 Å². The van der Waals surface area contributed by atoms with Crippen molar-refractivity contribution in [1.29, 1.82) is 0 Å². The van der Waals surface area contributed by atoms with E-state index in [1.54, 1.807) is 18.8 Å². The molecule has 0 aliphatic heterocycles. The van der Waals surface area contributed by atoms with Crippen molar-refractivity contribution in [3.05, 3.63) is 107 Å². The number of hydrogen-bond acceptors (Lipinski definition) is 8. The van der Waals surface area contributed by atoms with Crippen LogP contribution in [0.1, 0.15) is 54.0 Å². The zero-order chi connectivity index (χ0) is 33.1. The Balaban J connectivity index is 1.47. The molecule has 0 radical (unpaired) electrons. The van der Waals surface area contributed by atoms with Gasteiger partial charge in [0.15, 0.2) is 5.82 Å². The number of rotatable bonds is 12. The number of aryl methyl sites for hydroxylation is 2. The first-order valence-corrected chi connectivity index (χ1v) is 17.5. The first-order valence-electron chi connectivity index (χ1n) is 15.6. The highest BCUT2D eigenvalue weighted by molar-refractivity contribution is 7.90. The summed E-state index contributed by atoms with van der Waals surface area (Å²) in [5.41, 5.74) is 6.65. The van der Waals surface area contributed by atoms with E-state index >= 15 is 0 Å². The number of nitrogens with zero attached hydrogens (tertiary/aromatic N) is 3. The van der Waals surface area contributed by atoms with Gasteiger partial charge in [0.25, 0.3) is 5.16 Å². The molecule has 0 amide bonds. The van der Waals surface area contributed by atoms with Gasteiger partial charge < -0.3 is 18.9 Å². The average molecular weight is 654 g/mol. The van der Waals surface area contributed by atoms with Crippen molar-refractivity contribution in [1.82, 2.24) is 14.8 Å². The summed E-state index contributed by atoms with van der Waals surface area (Å²) in [6.45, 7) is 4.77. The van der Waals surface area contributed by atoms with E-state index in [1.165, 1.54) is 11.1 Å². The van der Waals surface area contributed by atoms with Crippen molar-refractivity contribution in [3.8, 4) is 40.1 Å². The van der Waals surface area contributed by atoms with E-state index in [4.69, 9.17) is 18.9 Å². The van der Waals surface area contributed by atoms with Crippen molar-refractivity contribution in [2.75, 3.05) is 20.5 Å². The van der Waals surface area contributed by atoms with Gasteiger partial charge in [-0.1, -0.05) is 44.2 Å². The number of aromatic nitrogens is 3. The molecule has 0 atom stereocenters. The number of benzene rings is 4. The normalized spacial score (nSPS) is 12.6. The van der Waals surface area contributed by atoms with E-state index in [1.807, 2.05) is 66.7 Å². The summed E-state index contributed by atoms with van der Waals surface area (Å²) in [7, 11) is -0.467. The summed E-state index contributed by atoms with van der Waals surface area (Å²) in [5.74, 6) is 3.12. The Labute approximate surface area is 276 Å². The number of methoxy groups -OCH3 is 2. The lowest BCUT2D eigenvalue weighted by molar-refractivity contribution is 0.287. The lowest BCUT2D eigenvalue weighted by Crippen LogP contribution is -2.10. The summed E-state index contributed by atoms with van der Waals surface area (Å²) < 4.78 is 51.3. The summed E-state index contributed by atoms with van der Waals surface area (Å²) >= 11 is 0. The van der Waals surface area contributed by atoms with Crippen LogP contribution in [0.2, 0.25) is 0 Å². The van der Waals surface area contributed by atoms with Crippen LogP contribution < -0.4 is 18.9 Å². The molecular formula is C37H39N3O6S. The van der Waals surface area contributed by atoms with Crippen molar-refractivity contribution in [3.63, 3.8) is 0 Å². The highest BCUT2D eigenvalue weighted by Crippen LogP contribution is 2.41. The number of hydrogen-bond donors (Lipinski definition) is 0. The van der Waals surface area contributed by atoms with Gasteiger partial charge in [-0.15, -0.1) is 10.2 Å². The molecular weight excluding hydrogens is 614 g/mol. The van der Waals surface area contributed by atoms with Crippen LogP contribution in [-0.4, -0.2) is 43.7 Å². The first-order chi connectivity index (χ1) is 22.6. The third-order valence-corrected chi connectivity index (χ3v) is 9.31. The lowest BCUT2D eigenvalue weighted by Gasteiger charge is -2.20. The van der Waals surface area contributed by atoms with E-state index < -0.39 is 9.84 Å². The first kappa shape index (κ1) is 32.1. The molecule has 6 rings (SSSR count). The van der Waals surface area contributed by atoms with Gasteiger partial charge >= 0.3 is 0 Å². The molecule has 0 saturated heterocycles. The Morgan fingerprint density at radius 2 is 1.34 bits per heavy atom. The van der Waals surface area contributed by atoms with E-state index in [9.17, 15) is 8.42 Å². The molecule has 0 fully saturated rings. The van der Waals surface area contributed by atoms with Crippen LogP contribution in [0.5, 0.6) is 23.0 Å². The standard InChI is InChI=1S/C37H39N3O6S/c1-24(2)32-20-33(36-38-39-37(47(5,41)42)40(36)29-14-13-27-7-6-8-28(27)19-29)35(46-23-26-11-17-31(44-4)18-12-26)21-34(32)45-22-25-9-15-30(43-3)16-10-25/h9-21,24H,6-8,22-23H2,1-5H3. The second-order valence-electron chi connectivity index (χ2n) is 12.0. The monoisotopic (exact) mass is 653 g/mol. The van der Waals surface area contributed by atoms with E-state index in [2.05, 4.69) is 36.2 Å². The highest BCUT2D eigenvalue weighted by Gasteiger charge is 2.27. The van der Waals surface area contributed by atoms with E-state index in [0.29, 0.717) is 35.2 Å². The summed E-state index contributed by atoms with van der Waals surface area (Å²) in [6, 6.07) is 25.3. The zero-order valence-corrected chi connectivity index (χ0v) is 28.1. The molecule has 1 aliphatic rings. The molecule has 0 N–H and O–H groups in total. The van der Waals surface area contributed by atoms with Gasteiger partial charge in [0, 0.05) is 12.3 Å². The quantitative estimate of drug-likeness (QED) is 0.140. The molecule has 0 unspecified atom stereocenters. The van der Waals surface area contributed by atoms with Crippen LogP contribution >= 0.6 is 0 Å². The fourth-order valence-electron chi connectivity index (χ4n) is 5.83. The Hall–Kier alpha value is -4.83. The minimum absolute atomic E-state index is 0.0704. The molecule has 10 heteroatoms. The Kier molecular flexibility index (Phi) is 9.22. The molecule has 244 valence electrons. The second-order valence-corrected chi connectivity index (χ2v) is 13.9. The Bertz CT molecular complexity index is 1980. The summed E-state index contributed by atoms with van der Waals surface area (Å²) in [4.78, 5) is 0. The van der Waals surface area contributed by atoms with Gasteiger partial charge in [-0.05, 0) is 95.5 Å². The molecule has 0 bridgehead atoms. The van der Waals surface area contributed by atoms with E-state index in [-0.39, 0.29) is 17.7 Å². The molecule has 5 aromatic rings. The lowest BCUT2D eigenvalue weighted by atomic mass is 9.98. The summed E-state index contributed by atoms with van der Waals surface area (Å²) in [6.07, 6.45) is 4.19. The zero-order valence-electron chi connectivity index (χ0n) is 27.3. The SMILES string of the molecule is COc1ccc(COc2cc(OCc3ccc(OC)cc3)c(C(C)C)cc2-c2nnc(S(C)(=O)=O)n2-c2ccc3c(c2)CCC3)cc1. The Morgan fingerprint density at radius 1 is 0.745 bits per heavy atom. The third kappa shape index (κ3) is 6.97. The molecule has 9 nitrogen and oxygen atoms in total. The Morgan fingerprint density at radius 3 is 1.91 bits per heavy atom. The molecule has 4 aromatic carbocycles. The average Bonchev–Trinajstić information content (AvgIpc) is 3.74. The molecule has 1 heterocycles. The number of sulfone groups is 1. The van der Waals surface area contributed by atoms with Gasteiger partial charge in [0.2, 0.25) is 9.84 Å². The van der Waals surface area contributed by atoms with Gasteiger partial charge in [0.1, 0.15) is 36.2 Å².